The number of ether oxygens (including phenoxy) is 1. The van der Waals surface area contributed by atoms with Crippen LogP contribution in [-0.4, -0.2) is 33.8 Å². The van der Waals surface area contributed by atoms with Gasteiger partial charge in [0.05, 0.1) is 12.3 Å². The van der Waals surface area contributed by atoms with Gasteiger partial charge >= 0.3 is 0 Å². The lowest BCUT2D eigenvalue weighted by atomic mass is 10.2. The van der Waals surface area contributed by atoms with Crippen LogP contribution in [0.2, 0.25) is 0 Å². The molecule has 0 aliphatic rings. The normalized spacial score (nSPS) is 11.8. The Morgan fingerprint density at radius 3 is 2.64 bits per heavy atom. The average molecular weight is 302 g/mol. The predicted octanol–water partition coefficient (Wildman–Crippen LogP) is 2.00. The Bertz CT molecular complexity index is 664. The zero-order valence-electron chi connectivity index (χ0n) is 12.7. The van der Waals surface area contributed by atoms with Crippen LogP contribution in [0.1, 0.15) is 36.1 Å². The minimum Gasteiger partial charge on any atom is -0.494 e. The summed E-state index contributed by atoms with van der Waals surface area (Å²) in [7, 11) is 0. The second-order valence-electron chi connectivity index (χ2n) is 4.75. The molecule has 1 N–H and O–H groups in total. The minimum atomic E-state index is -0.576. The number of anilines is 1. The van der Waals surface area contributed by atoms with Crippen molar-refractivity contribution in [3.05, 3.63) is 35.7 Å². The van der Waals surface area contributed by atoms with Gasteiger partial charge in [-0.2, -0.15) is 0 Å². The summed E-state index contributed by atoms with van der Waals surface area (Å²) in [6.07, 6.45) is 0.621. The van der Waals surface area contributed by atoms with E-state index in [1.54, 1.807) is 38.1 Å². The van der Waals surface area contributed by atoms with Gasteiger partial charge in [-0.25, -0.2) is 4.68 Å². The Hall–Kier alpha value is -2.70. The van der Waals surface area contributed by atoms with Crippen LogP contribution in [0.5, 0.6) is 5.75 Å². The molecule has 1 unspecified atom stereocenters. The number of hydrogen-bond acceptors (Lipinski definition) is 5. The van der Waals surface area contributed by atoms with E-state index in [-0.39, 0.29) is 11.6 Å². The Morgan fingerprint density at radius 1 is 1.41 bits per heavy atom. The molecule has 116 valence electrons. The van der Waals surface area contributed by atoms with Gasteiger partial charge in [-0.1, -0.05) is 5.21 Å². The first-order valence-electron chi connectivity index (χ1n) is 6.97. The molecular formula is C15H18N4O3. The Kier molecular flexibility index (Phi) is 4.88. The van der Waals surface area contributed by atoms with E-state index in [4.69, 9.17) is 4.74 Å². The van der Waals surface area contributed by atoms with Crippen LogP contribution in [0.15, 0.2) is 24.3 Å². The molecule has 0 fully saturated rings. The van der Waals surface area contributed by atoms with Gasteiger partial charge in [0.25, 0.3) is 0 Å². The number of nitrogens with one attached hydrogen (secondary N) is 1. The molecule has 0 aliphatic heterocycles. The maximum Gasteiger partial charge on any atom is 0.249 e. The van der Waals surface area contributed by atoms with Crippen molar-refractivity contribution < 1.29 is 14.3 Å². The summed E-state index contributed by atoms with van der Waals surface area (Å²) in [5, 5.41) is 10.4. The van der Waals surface area contributed by atoms with E-state index >= 15 is 0 Å². The maximum absolute atomic E-state index is 12.3. The van der Waals surface area contributed by atoms with Gasteiger partial charge < -0.3 is 10.1 Å². The van der Waals surface area contributed by atoms with Crippen LogP contribution in [0.3, 0.4) is 0 Å². The molecule has 22 heavy (non-hydrogen) atoms. The maximum atomic E-state index is 12.3. The molecule has 0 saturated carbocycles. The quantitative estimate of drug-likeness (QED) is 0.825. The summed E-state index contributed by atoms with van der Waals surface area (Å²) in [6.45, 7) is 5.89. The highest BCUT2D eigenvalue weighted by Crippen LogP contribution is 2.17. The Balaban J connectivity index is 2.07. The third-order valence-electron chi connectivity index (χ3n) is 3.25. The highest BCUT2D eigenvalue weighted by atomic mass is 16.5. The number of carbonyl (C=O) groups is 2. The van der Waals surface area contributed by atoms with Gasteiger partial charge in [0.1, 0.15) is 17.5 Å². The fraction of sp³-hybridized carbons (Fsp3) is 0.333. The van der Waals surface area contributed by atoms with Crippen LogP contribution in [0, 0.1) is 6.92 Å². The highest BCUT2D eigenvalue weighted by Gasteiger charge is 2.20. The average Bonchev–Trinajstić information content (AvgIpc) is 2.89. The molecule has 0 saturated heterocycles. The molecule has 1 amide bonds. The summed E-state index contributed by atoms with van der Waals surface area (Å²) in [5.74, 6) is 0.505. The summed E-state index contributed by atoms with van der Waals surface area (Å²) in [5.41, 5.74) is 1.46. The van der Waals surface area contributed by atoms with Crippen LogP contribution in [0.4, 0.5) is 5.69 Å². The highest BCUT2D eigenvalue weighted by molar-refractivity contribution is 5.93. The van der Waals surface area contributed by atoms with Crippen molar-refractivity contribution in [2.24, 2.45) is 0 Å². The molecule has 1 heterocycles. The number of nitrogens with zero attached hydrogens (tertiary/aromatic N) is 3. The standard InChI is InChI=1S/C15H18N4O3/c1-4-22-13-7-5-12(6-8-13)16-15(21)11(3)19-10(2)14(9-20)17-18-19/h5-9,11H,4H2,1-3H3,(H,16,21). The molecule has 2 aromatic rings. The van der Waals surface area contributed by atoms with Crippen LogP contribution >= 0.6 is 0 Å². The van der Waals surface area contributed by atoms with E-state index in [1.165, 1.54) is 4.68 Å². The van der Waals surface area contributed by atoms with Gasteiger partial charge in [-0.15, -0.1) is 5.10 Å². The Morgan fingerprint density at radius 2 is 2.09 bits per heavy atom. The lowest BCUT2D eigenvalue weighted by molar-refractivity contribution is -0.119. The van der Waals surface area contributed by atoms with E-state index in [0.717, 1.165) is 5.75 Å². The SMILES string of the molecule is CCOc1ccc(NC(=O)C(C)n2nnc(C=O)c2C)cc1. The van der Waals surface area contributed by atoms with Crippen molar-refractivity contribution in [3.8, 4) is 5.75 Å². The van der Waals surface area contributed by atoms with Crippen molar-refractivity contribution in [3.63, 3.8) is 0 Å². The third kappa shape index (κ3) is 3.30. The van der Waals surface area contributed by atoms with E-state index in [0.29, 0.717) is 24.3 Å². The van der Waals surface area contributed by atoms with E-state index in [2.05, 4.69) is 15.6 Å². The summed E-state index contributed by atoms with van der Waals surface area (Å²) < 4.78 is 6.77. The first-order valence-corrected chi connectivity index (χ1v) is 6.97. The Labute approximate surface area is 128 Å². The van der Waals surface area contributed by atoms with E-state index in [1.807, 2.05) is 6.92 Å². The minimum absolute atomic E-state index is 0.237. The van der Waals surface area contributed by atoms with Crippen molar-refractivity contribution in [1.82, 2.24) is 15.0 Å². The number of benzene rings is 1. The smallest absolute Gasteiger partial charge is 0.249 e. The van der Waals surface area contributed by atoms with E-state index < -0.39 is 6.04 Å². The van der Waals surface area contributed by atoms with Crippen LogP contribution in [0.25, 0.3) is 0 Å². The van der Waals surface area contributed by atoms with Crippen molar-refractivity contribution in [1.29, 1.82) is 0 Å². The second kappa shape index (κ2) is 6.84. The fourth-order valence-corrected chi connectivity index (χ4v) is 1.99. The second-order valence-corrected chi connectivity index (χ2v) is 4.75. The van der Waals surface area contributed by atoms with Gasteiger partial charge in [-0.3, -0.25) is 9.59 Å². The topological polar surface area (TPSA) is 86.1 Å². The first-order chi connectivity index (χ1) is 10.6. The third-order valence-corrected chi connectivity index (χ3v) is 3.25. The molecule has 0 radical (unpaired) electrons. The number of aromatic nitrogens is 3. The summed E-state index contributed by atoms with van der Waals surface area (Å²) in [4.78, 5) is 23.0. The molecule has 0 aliphatic carbocycles. The summed E-state index contributed by atoms with van der Waals surface area (Å²) >= 11 is 0. The zero-order chi connectivity index (χ0) is 16.1. The molecule has 2 rings (SSSR count). The molecule has 1 aromatic carbocycles. The largest absolute Gasteiger partial charge is 0.494 e. The molecule has 0 spiro atoms. The first kappa shape index (κ1) is 15.7. The molecule has 0 bridgehead atoms. The van der Waals surface area contributed by atoms with E-state index in [9.17, 15) is 9.59 Å². The molecule has 7 heteroatoms. The lowest BCUT2D eigenvalue weighted by Gasteiger charge is -2.14. The predicted molar refractivity (Wildman–Crippen MR) is 81.1 cm³/mol. The number of aldehydes is 1. The number of amides is 1. The van der Waals surface area contributed by atoms with Crippen molar-refractivity contribution in [2.45, 2.75) is 26.8 Å². The number of hydrogen-bond donors (Lipinski definition) is 1. The van der Waals surface area contributed by atoms with Gasteiger partial charge in [0.15, 0.2) is 6.29 Å². The zero-order valence-corrected chi connectivity index (χ0v) is 12.7. The lowest BCUT2D eigenvalue weighted by Crippen LogP contribution is -2.25. The summed E-state index contributed by atoms with van der Waals surface area (Å²) in [6, 6.07) is 6.53. The molecular weight excluding hydrogens is 284 g/mol. The fourth-order valence-electron chi connectivity index (χ4n) is 1.99. The monoisotopic (exact) mass is 302 g/mol. The van der Waals surface area contributed by atoms with Crippen LogP contribution in [-0.2, 0) is 4.79 Å². The molecule has 1 aromatic heterocycles. The van der Waals surface area contributed by atoms with Gasteiger partial charge in [0, 0.05) is 5.69 Å². The van der Waals surface area contributed by atoms with Gasteiger partial charge in [-0.05, 0) is 45.0 Å². The number of rotatable bonds is 6. The molecule has 1 atom stereocenters. The van der Waals surface area contributed by atoms with Crippen molar-refractivity contribution in [2.75, 3.05) is 11.9 Å². The van der Waals surface area contributed by atoms with Gasteiger partial charge in [0.2, 0.25) is 5.91 Å². The van der Waals surface area contributed by atoms with Crippen LogP contribution < -0.4 is 10.1 Å². The van der Waals surface area contributed by atoms with Crippen molar-refractivity contribution >= 4 is 17.9 Å². The molecule has 7 nitrogen and oxygen atoms in total. The number of carbonyl (C=O) groups excluding carboxylic acids is 2.